The summed E-state index contributed by atoms with van der Waals surface area (Å²) in [5.41, 5.74) is 5.44. The highest BCUT2D eigenvalue weighted by atomic mass is 32.1. The summed E-state index contributed by atoms with van der Waals surface area (Å²) in [6.45, 7) is 4.35. The lowest BCUT2D eigenvalue weighted by atomic mass is 10.0. The van der Waals surface area contributed by atoms with Crippen LogP contribution in [-0.2, 0) is 6.54 Å². The van der Waals surface area contributed by atoms with Gasteiger partial charge in [0, 0.05) is 36.3 Å². The van der Waals surface area contributed by atoms with E-state index in [0.717, 1.165) is 33.3 Å². The van der Waals surface area contributed by atoms with Crippen LogP contribution in [-0.4, -0.2) is 35.2 Å². The van der Waals surface area contributed by atoms with Gasteiger partial charge in [-0.2, -0.15) is 5.10 Å². The molecule has 0 spiro atoms. The van der Waals surface area contributed by atoms with Crippen LogP contribution in [0.25, 0.3) is 11.1 Å². The van der Waals surface area contributed by atoms with Crippen LogP contribution in [0.3, 0.4) is 0 Å². The standard InChI is InChI=1S/C18H21N5OS/c1-11-16(12(2)22-21-11)13-6-5-7-14(8-13)17(24)19-9-15-10-25-18(20-15)23(3)4/h5-8,10H,9H2,1-4H3,(H,19,24)(H,21,22). The number of amides is 1. The molecule has 0 unspecified atom stereocenters. The summed E-state index contributed by atoms with van der Waals surface area (Å²) in [5, 5.41) is 13.0. The average Bonchev–Trinajstić information content (AvgIpc) is 3.20. The monoisotopic (exact) mass is 355 g/mol. The normalized spacial score (nSPS) is 10.7. The molecule has 0 saturated carbocycles. The topological polar surface area (TPSA) is 73.9 Å². The third-order valence-corrected chi connectivity index (χ3v) is 4.95. The zero-order chi connectivity index (χ0) is 18.0. The number of aromatic nitrogens is 3. The van der Waals surface area contributed by atoms with E-state index in [1.54, 1.807) is 11.3 Å². The van der Waals surface area contributed by atoms with E-state index in [2.05, 4.69) is 20.5 Å². The number of thiazole rings is 1. The smallest absolute Gasteiger partial charge is 0.251 e. The van der Waals surface area contributed by atoms with Crippen molar-refractivity contribution >= 4 is 22.4 Å². The van der Waals surface area contributed by atoms with Crippen molar-refractivity contribution in [1.82, 2.24) is 20.5 Å². The van der Waals surface area contributed by atoms with Crippen LogP contribution in [0.2, 0.25) is 0 Å². The van der Waals surface area contributed by atoms with Crippen LogP contribution in [0.5, 0.6) is 0 Å². The van der Waals surface area contributed by atoms with Crippen LogP contribution >= 0.6 is 11.3 Å². The van der Waals surface area contributed by atoms with Gasteiger partial charge in [-0.1, -0.05) is 12.1 Å². The molecule has 0 aliphatic rings. The van der Waals surface area contributed by atoms with Gasteiger partial charge in [-0.05, 0) is 31.5 Å². The van der Waals surface area contributed by atoms with Crippen molar-refractivity contribution in [3.8, 4) is 11.1 Å². The molecule has 1 amide bonds. The number of nitrogens with zero attached hydrogens (tertiary/aromatic N) is 3. The summed E-state index contributed by atoms with van der Waals surface area (Å²) < 4.78 is 0. The molecule has 6 nitrogen and oxygen atoms in total. The Morgan fingerprint density at radius 3 is 2.76 bits per heavy atom. The van der Waals surface area contributed by atoms with E-state index in [0.29, 0.717) is 12.1 Å². The van der Waals surface area contributed by atoms with Crippen molar-refractivity contribution in [2.75, 3.05) is 19.0 Å². The maximum Gasteiger partial charge on any atom is 0.251 e. The quantitative estimate of drug-likeness (QED) is 0.737. The molecule has 0 radical (unpaired) electrons. The summed E-state index contributed by atoms with van der Waals surface area (Å²) in [4.78, 5) is 18.9. The number of aryl methyl sites for hydroxylation is 2. The Hall–Kier alpha value is -2.67. The van der Waals surface area contributed by atoms with Crippen LogP contribution in [0.4, 0.5) is 5.13 Å². The van der Waals surface area contributed by atoms with Crippen molar-refractivity contribution in [3.05, 3.63) is 52.3 Å². The lowest BCUT2D eigenvalue weighted by molar-refractivity contribution is 0.0950. The maximum atomic E-state index is 12.5. The molecule has 2 heterocycles. The Balaban J connectivity index is 1.73. The third kappa shape index (κ3) is 3.71. The van der Waals surface area contributed by atoms with Gasteiger partial charge in [-0.3, -0.25) is 9.89 Å². The highest BCUT2D eigenvalue weighted by molar-refractivity contribution is 7.13. The predicted molar refractivity (Wildman–Crippen MR) is 101 cm³/mol. The van der Waals surface area contributed by atoms with E-state index in [4.69, 9.17) is 0 Å². The molecule has 1 aromatic carbocycles. The van der Waals surface area contributed by atoms with E-state index >= 15 is 0 Å². The lowest BCUT2D eigenvalue weighted by Crippen LogP contribution is -2.23. The number of hydrogen-bond donors (Lipinski definition) is 2. The second-order valence-corrected chi connectivity index (χ2v) is 6.92. The number of carbonyl (C=O) groups is 1. The van der Waals surface area contributed by atoms with Gasteiger partial charge in [0.25, 0.3) is 5.91 Å². The molecule has 0 atom stereocenters. The SMILES string of the molecule is Cc1n[nH]c(C)c1-c1cccc(C(=O)NCc2csc(N(C)C)n2)c1. The summed E-state index contributed by atoms with van der Waals surface area (Å²) >= 11 is 1.56. The molecule has 25 heavy (non-hydrogen) atoms. The molecular formula is C18H21N5OS. The Bertz CT molecular complexity index is 877. The molecule has 7 heteroatoms. The minimum Gasteiger partial charge on any atom is -0.354 e. The number of anilines is 1. The van der Waals surface area contributed by atoms with Gasteiger partial charge in [0.1, 0.15) is 0 Å². The van der Waals surface area contributed by atoms with Crippen molar-refractivity contribution in [2.45, 2.75) is 20.4 Å². The highest BCUT2D eigenvalue weighted by Crippen LogP contribution is 2.26. The number of benzene rings is 1. The van der Waals surface area contributed by atoms with E-state index in [-0.39, 0.29) is 5.91 Å². The molecule has 3 rings (SSSR count). The Kier molecular flexibility index (Phi) is 4.85. The molecule has 2 aromatic heterocycles. The number of hydrogen-bond acceptors (Lipinski definition) is 5. The fourth-order valence-corrected chi connectivity index (χ4v) is 3.41. The second-order valence-electron chi connectivity index (χ2n) is 6.09. The fraction of sp³-hybridized carbons (Fsp3) is 0.278. The van der Waals surface area contributed by atoms with Crippen LogP contribution in [0, 0.1) is 13.8 Å². The summed E-state index contributed by atoms with van der Waals surface area (Å²) in [6, 6.07) is 7.59. The molecule has 0 fully saturated rings. The summed E-state index contributed by atoms with van der Waals surface area (Å²) in [7, 11) is 3.90. The van der Waals surface area contributed by atoms with Crippen LogP contribution < -0.4 is 10.2 Å². The maximum absolute atomic E-state index is 12.5. The van der Waals surface area contributed by atoms with Crippen LogP contribution in [0.15, 0.2) is 29.6 Å². The first-order valence-corrected chi connectivity index (χ1v) is 8.85. The minimum atomic E-state index is -0.111. The molecule has 0 bridgehead atoms. The number of nitrogens with one attached hydrogen (secondary N) is 2. The highest BCUT2D eigenvalue weighted by Gasteiger charge is 2.12. The number of H-pyrrole nitrogens is 1. The summed E-state index contributed by atoms with van der Waals surface area (Å²) in [6.07, 6.45) is 0. The Morgan fingerprint density at radius 1 is 1.32 bits per heavy atom. The van der Waals surface area contributed by atoms with Gasteiger partial charge >= 0.3 is 0 Å². The van der Waals surface area contributed by atoms with Crippen LogP contribution in [0.1, 0.15) is 27.4 Å². The van der Waals surface area contributed by atoms with Gasteiger partial charge in [0.05, 0.1) is 17.9 Å². The molecule has 2 N–H and O–H groups in total. The molecule has 3 aromatic rings. The molecule has 130 valence electrons. The zero-order valence-corrected chi connectivity index (χ0v) is 15.6. The average molecular weight is 355 g/mol. The number of carbonyl (C=O) groups excluding carboxylic acids is 1. The van der Waals surface area contributed by atoms with E-state index in [1.165, 1.54) is 0 Å². The van der Waals surface area contributed by atoms with Crippen molar-refractivity contribution < 1.29 is 4.79 Å². The number of rotatable bonds is 5. The van der Waals surface area contributed by atoms with E-state index < -0.39 is 0 Å². The van der Waals surface area contributed by atoms with Gasteiger partial charge < -0.3 is 10.2 Å². The van der Waals surface area contributed by atoms with Gasteiger partial charge in [-0.25, -0.2) is 4.98 Å². The first kappa shape index (κ1) is 17.2. The molecule has 0 aliphatic carbocycles. The van der Waals surface area contributed by atoms with E-state index in [9.17, 15) is 4.79 Å². The molecular weight excluding hydrogens is 334 g/mol. The molecule has 0 aliphatic heterocycles. The number of aromatic amines is 1. The van der Waals surface area contributed by atoms with Crippen molar-refractivity contribution in [3.63, 3.8) is 0 Å². The fourth-order valence-electron chi connectivity index (χ4n) is 2.65. The second kappa shape index (κ2) is 7.06. The van der Waals surface area contributed by atoms with Gasteiger partial charge in [0.15, 0.2) is 5.13 Å². The van der Waals surface area contributed by atoms with Gasteiger partial charge in [-0.15, -0.1) is 11.3 Å². The largest absolute Gasteiger partial charge is 0.354 e. The Labute approximate surface area is 150 Å². The van der Waals surface area contributed by atoms with Crippen molar-refractivity contribution in [2.24, 2.45) is 0 Å². The zero-order valence-electron chi connectivity index (χ0n) is 14.8. The third-order valence-electron chi connectivity index (χ3n) is 3.89. The molecule has 0 saturated heterocycles. The predicted octanol–water partition coefficient (Wildman–Crippen LogP) is 3.15. The Morgan fingerprint density at radius 2 is 2.12 bits per heavy atom. The minimum absolute atomic E-state index is 0.111. The first-order chi connectivity index (χ1) is 12.0. The van der Waals surface area contributed by atoms with Gasteiger partial charge in [0.2, 0.25) is 0 Å². The first-order valence-electron chi connectivity index (χ1n) is 7.97. The van der Waals surface area contributed by atoms with E-state index in [1.807, 2.05) is 62.5 Å². The summed E-state index contributed by atoms with van der Waals surface area (Å²) in [5.74, 6) is -0.111. The van der Waals surface area contributed by atoms with Crippen molar-refractivity contribution in [1.29, 1.82) is 0 Å². The lowest BCUT2D eigenvalue weighted by Gasteiger charge is -2.07.